The van der Waals surface area contributed by atoms with E-state index in [4.69, 9.17) is 0 Å². The topological polar surface area (TPSA) is 68.4 Å². The van der Waals surface area contributed by atoms with Crippen LogP contribution in [0.2, 0.25) is 0 Å². The van der Waals surface area contributed by atoms with Gasteiger partial charge in [-0.1, -0.05) is 17.7 Å². The number of hydrogen-bond acceptors (Lipinski definition) is 4. The Morgan fingerprint density at radius 3 is 2.67 bits per heavy atom. The first kappa shape index (κ1) is 11.9. The Hall–Kier alpha value is -2.56. The molecule has 0 bridgehead atoms. The first-order chi connectivity index (χ1) is 8.66. The van der Waals surface area contributed by atoms with E-state index in [-0.39, 0.29) is 5.69 Å². The van der Waals surface area contributed by atoms with E-state index in [2.05, 4.69) is 9.98 Å². The van der Waals surface area contributed by atoms with Crippen LogP contribution in [0.4, 0.5) is 11.4 Å². The van der Waals surface area contributed by atoms with Gasteiger partial charge in [-0.2, -0.15) is 0 Å². The molecule has 0 amide bonds. The molecule has 1 heterocycles. The number of pyridine rings is 1. The van der Waals surface area contributed by atoms with Gasteiger partial charge in [0.2, 0.25) is 0 Å². The molecule has 0 atom stereocenters. The van der Waals surface area contributed by atoms with E-state index in [1.165, 1.54) is 18.6 Å². The zero-order valence-corrected chi connectivity index (χ0v) is 9.78. The lowest BCUT2D eigenvalue weighted by molar-refractivity contribution is -0.385. The van der Waals surface area contributed by atoms with Crippen LogP contribution in [0.1, 0.15) is 11.1 Å². The highest BCUT2D eigenvalue weighted by atomic mass is 16.6. The number of hydrogen-bond donors (Lipinski definition) is 0. The molecule has 0 radical (unpaired) electrons. The quantitative estimate of drug-likeness (QED) is 0.471. The number of aliphatic imine (C=N–C) groups is 1. The molecular weight excluding hydrogens is 230 g/mol. The van der Waals surface area contributed by atoms with Crippen LogP contribution in [-0.4, -0.2) is 16.1 Å². The molecule has 0 aliphatic carbocycles. The lowest BCUT2D eigenvalue weighted by atomic mass is 10.2. The summed E-state index contributed by atoms with van der Waals surface area (Å²) in [5.74, 6) is 0. The van der Waals surface area contributed by atoms with Crippen LogP contribution in [0.25, 0.3) is 0 Å². The van der Waals surface area contributed by atoms with E-state index in [0.29, 0.717) is 5.56 Å². The summed E-state index contributed by atoms with van der Waals surface area (Å²) in [6.07, 6.45) is 4.20. The fraction of sp³-hybridized carbons (Fsp3) is 0.0769. The van der Waals surface area contributed by atoms with E-state index in [1.54, 1.807) is 6.07 Å². The Morgan fingerprint density at radius 2 is 2.00 bits per heavy atom. The molecular formula is C13H11N3O2. The summed E-state index contributed by atoms with van der Waals surface area (Å²) in [4.78, 5) is 18.2. The molecule has 1 aromatic heterocycles. The van der Waals surface area contributed by atoms with Crippen molar-refractivity contribution >= 4 is 17.6 Å². The Kier molecular flexibility index (Phi) is 3.43. The van der Waals surface area contributed by atoms with E-state index < -0.39 is 4.92 Å². The summed E-state index contributed by atoms with van der Waals surface area (Å²) >= 11 is 0. The predicted molar refractivity (Wildman–Crippen MR) is 69.3 cm³/mol. The Balaban J connectivity index is 2.29. The minimum absolute atomic E-state index is 0.0478. The fourth-order valence-corrected chi connectivity index (χ4v) is 1.43. The average molecular weight is 241 g/mol. The van der Waals surface area contributed by atoms with Crippen molar-refractivity contribution in [3.8, 4) is 0 Å². The van der Waals surface area contributed by atoms with Gasteiger partial charge in [0.1, 0.15) is 6.20 Å². The van der Waals surface area contributed by atoms with Crippen LogP contribution in [0.3, 0.4) is 0 Å². The van der Waals surface area contributed by atoms with Gasteiger partial charge in [-0.05, 0) is 25.1 Å². The molecule has 0 saturated heterocycles. The number of nitrogens with zero attached hydrogens (tertiary/aromatic N) is 3. The molecule has 90 valence electrons. The second-order valence-corrected chi connectivity index (χ2v) is 3.79. The monoisotopic (exact) mass is 241 g/mol. The summed E-state index contributed by atoms with van der Waals surface area (Å²) in [5.41, 5.74) is 2.29. The third-order valence-corrected chi connectivity index (χ3v) is 2.42. The van der Waals surface area contributed by atoms with Crippen LogP contribution in [0.5, 0.6) is 0 Å². The molecule has 0 unspecified atom stereocenters. The van der Waals surface area contributed by atoms with Crippen molar-refractivity contribution in [1.82, 2.24) is 4.98 Å². The van der Waals surface area contributed by atoms with E-state index >= 15 is 0 Å². The maximum Gasteiger partial charge on any atom is 0.296 e. The maximum absolute atomic E-state index is 10.8. The van der Waals surface area contributed by atoms with Crippen LogP contribution in [0.15, 0.2) is 47.7 Å². The zero-order chi connectivity index (χ0) is 13.0. The van der Waals surface area contributed by atoms with Crippen molar-refractivity contribution in [2.24, 2.45) is 4.99 Å². The van der Waals surface area contributed by atoms with Crippen molar-refractivity contribution in [3.05, 3.63) is 64.0 Å². The molecule has 1 aromatic carbocycles. The molecule has 2 rings (SSSR count). The average Bonchev–Trinajstić information content (AvgIpc) is 2.38. The first-order valence-corrected chi connectivity index (χ1v) is 5.36. The molecule has 0 fully saturated rings. The molecule has 0 aliphatic heterocycles. The van der Waals surface area contributed by atoms with Crippen LogP contribution < -0.4 is 0 Å². The molecule has 2 aromatic rings. The van der Waals surface area contributed by atoms with Crippen molar-refractivity contribution in [1.29, 1.82) is 0 Å². The Labute approximate surface area is 104 Å². The molecule has 0 spiro atoms. The molecule has 5 heteroatoms. The zero-order valence-electron chi connectivity index (χ0n) is 9.78. The molecule has 0 saturated carbocycles. The van der Waals surface area contributed by atoms with Gasteiger partial charge in [-0.15, -0.1) is 0 Å². The third-order valence-electron chi connectivity index (χ3n) is 2.42. The SMILES string of the molecule is Cc1ccc(N=Cc2ccncc2[N+](=O)[O-])cc1. The van der Waals surface area contributed by atoms with E-state index in [0.717, 1.165) is 11.3 Å². The van der Waals surface area contributed by atoms with Gasteiger partial charge < -0.3 is 0 Å². The normalized spacial score (nSPS) is 10.7. The van der Waals surface area contributed by atoms with Gasteiger partial charge in [0.25, 0.3) is 5.69 Å². The van der Waals surface area contributed by atoms with Gasteiger partial charge >= 0.3 is 0 Å². The highest BCUT2D eigenvalue weighted by Crippen LogP contribution is 2.16. The highest BCUT2D eigenvalue weighted by molar-refractivity contribution is 5.86. The van der Waals surface area contributed by atoms with Crippen molar-refractivity contribution < 1.29 is 4.92 Å². The smallest absolute Gasteiger partial charge is 0.258 e. The summed E-state index contributed by atoms with van der Waals surface area (Å²) < 4.78 is 0. The predicted octanol–water partition coefficient (Wildman–Crippen LogP) is 3.05. The second kappa shape index (κ2) is 5.18. The lowest BCUT2D eigenvalue weighted by Gasteiger charge is -1.96. The Morgan fingerprint density at radius 1 is 1.28 bits per heavy atom. The van der Waals surface area contributed by atoms with Gasteiger partial charge in [-0.25, -0.2) is 0 Å². The highest BCUT2D eigenvalue weighted by Gasteiger charge is 2.10. The Bertz CT molecular complexity index is 591. The number of benzene rings is 1. The van der Waals surface area contributed by atoms with Crippen LogP contribution in [-0.2, 0) is 0 Å². The van der Waals surface area contributed by atoms with Crippen LogP contribution in [0, 0.1) is 17.0 Å². The minimum atomic E-state index is -0.469. The van der Waals surface area contributed by atoms with Crippen molar-refractivity contribution in [2.75, 3.05) is 0 Å². The van der Waals surface area contributed by atoms with Crippen molar-refractivity contribution in [3.63, 3.8) is 0 Å². The van der Waals surface area contributed by atoms with Gasteiger partial charge in [0.15, 0.2) is 0 Å². The van der Waals surface area contributed by atoms with Gasteiger partial charge in [0.05, 0.1) is 16.2 Å². The van der Waals surface area contributed by atoms with E-state index in [1.807, 2.05) is 31.2 Å². The van der Waals surface area contributed by atoms with Crippen molar-refractivity contribution in [2.45, 2.75) is 6.92 Å². The van der Waals surface area contributed by atoms with Crippen LogP contribution >= 0.6 is 0 Å². The lowest BCUT2D eigenvalue weighted by Crippen LogP contribution is -1.94. The minimum Gasteiger partial charge on any atom is -0.258 e. The molecule has 0 N–H and O–H groups in total. The third kappa shape index (κ3) is 2.76. The standard InChI is InChI=1S/C13H11N3O2/c1-10-2-4-12(5-3-10)15-8-11-6-7-14-9-13(11)16(17)18/h2-9H,1H3. The van der Waals surface area contributed by atoms with E-state index in [9.17, 15) is 10.1 Å². The number of nitro groups is 1. The molecule has 18 heavy (non-hydrogen) atoms. The molecule has 0 aliphatic rings. The summed E-state index contributed by atoms with van der Waals surface area (Å²) in [5, 5.41) is 10.8. The van der Waals surface area contributed by atoms with Gasteiger partial charge in [-0.3, -0.25) is 20.1 Å². The summed E-state index contributed by atoms with van der Waals surface area (Å²) in [7, 11) is 0. The number of aromatic nitrogens is 1. The second-order valence-electron chi connectivity index (χ2n) is 3.79. The summed E-state index contributed by atoms with van der Waals surface area (Å²) in [6, 6.07) is 9.16. The number of rotatable bonds is 3. The number of aryl methyl sites for hydroxylation is 1. The maximum atomic E-state index is 10.8. The van der Waals surface area contributed by atoms with Gasteiger partial charge in [0, 0.05) is 12.4 Å². The first-order valence-electron chi connectivity index (χ1n) is 5.36. The fourth-order valence-electron chi connectivity index (χ4n) is 1.43. The largest absolute Gasteiger partial charge is 0.296 e. The molecule has 5 nitrogen and oxygen atoms in total. The summed E-state index contributed by atoms with van der Waals surface area (Å²) in [6.45, 7) is 1.99.